The predicted octanol–water partition coefficient (Wildman–Crippen LogP) is 3.15. The van der Waals surface area contributed by atoms with E-state index in [-0.39, 0.29) is 16.8 Å². The average molecular weight is 395 g/mol. The maximum Gasteiger partial charge on any atom is 0.240 e. The van der Waals surface area contributed by atoms with Crippen molar-refractivity contribution in [2.75, 3.05) is 19.0 Å². The third kappa shape index (κ3) is 5.09. The number of methoxy groups -OCH3 is 1. The second-order valence-corrected chi connectivity index (χ2v) is 9.63. The number of sulfonamides is 1. The minimum absolute atomic E-state index is 0.0505. The zero-order valence-corrected chi connectivity index (χ0v) is 16.9. The zero-order valence-electron chi connectivity index (χ0n) is 16.1. The Morgan fingerprint density at radius 3 is 2.56 bits per heavy atom. The Labute approximate surface area is 162 Å². The van der Waals surface area contributed by atoms with Crippen molar-refractivity contribution in [3.63, 3.8) is 0 Å². The molecule has 2 aliphatic carbocycles. The Hall–Kier alpha value is -1.44. The molecule has 2 aliphatic rings. The summed E-state index contributed by atoms with van der Waals surface area (Å²) in [5.41, 5.74) is 0.595. The molecule has 0 saturated heterocycles. The molecule has 4 unspecified atom stereocenters. The minimum Gasteiger partial charge on any atom is -0.385 e. The summed E-state index contributed by atoms with van der Waals surface area (Å²) < 4.78 is 33.2. The first-order valence-corrected chi connectivity index (χ1v) is 11.3. The first kappa shape index (κ1) is 20.3. The highest BCUT2D eigenvalue weighted by molar-refractivity contribution is 7.89. The zero-order chi connectivity index (χ0) is 19.4. The third-order valence-corrected chi connectivity index (χ3v) is 7.55. The number of hydrogen-bond acceptors (Lipinski definition) is 4. The molecule has 2 N–H and O–H groups in total. The lowest BCUT2D eigenvalue weighted by Crippen LogP contribution is -2.40. The van der Waals surface area contributed by atoms with Crippen LogP contribution >= 0.6 is 0 Å². The number of benzene rings is 1. The largest absolute Gasteiger partial charge is 0.385 e. The van der Waals surface area contributed by atoms with Gasteiger partial charge in [0, 0.05) is 31.9 Å². The molecule has 27 heavy (non-hydrogen) atoms. The van der Waals surface area contributed by atoms with E-state index in [0.29, 0.717) is 37.0 Å². The summed E-state index contributed by atoms with van der Waals surface area (Å²) in [4.78, 5) is 12.1. The fourth-order valence-electron chi connectivity index (χ4n) is 4.62. The Balaban J connectivity index is 1.56. The summed E-state index contributed by atoms with van der Waals surface area (Å²) in [6.45, 7) is 2.52. The summed E-state index contributed by atoms with van der Waals surface area (Å²) in [5, 5.41) is 2.77. The van der Waals surface area contributed by atoms with Gasteiger partial charge in [-0.1, -0.05) is 6.42 Å². The van der Waals surface area contributed by atoms with E-state index in [9.17, 15) is 13.2 Å². The number of ether oxygens (including phenoxy) is 1. The molecule has 2 fully saturated rings. The third-order valence-electron chi connectivity index (χ3n) is 5.98. The Bertz CT molecular complexity index is 748. The number of carbonyl (C=O) groups excluding carboxylic acids is 1. The highest BCUT2D eigenvalue weighted by Gasteiger charge is 2.42. The number of nitrogens with one attached hydrogen (secondary N) is 2. The van der Waals surface area contributed by atoms with Crippen LogP contribution in [0.4, 0.5) is 5.69 Å². The van der Waals surface area contributed by atoms with E-state index in [2.05, 4.69) is 10.0 Å². The molecule has 0 heterocycles. The predicted molar refractivity (Wildman–Crippen MR) is 105 cm³/mol. The number of hydrogen-bond donors (Lipinski definition) is 2. The van der Waals surface area contributed by atoms with E-state index in [0.717, 1.165) is 12.3 Å². The van der Waals surface area contributed by atoms with Gasteiger partial charge in [-0.2, -0.15) is 0 Å². The first-order chi connectivity index (χ1) is 12.9. The molecule has 0 spiro atoms. The summed E-state index contributed by atoms with van der Waals surface area (Å²) in [5.74, 6) is 1.80. The standard InChI is InChI=1S/C20H30N2O4S/c1-14(19-13-15-5-6-16(19)12-15)22-27(24,25)18-9-7-17(8-10-18)21-20(23)4-3-11-26-2/h7-10,14-16,19,22H,3-6,11-13H2,1-2H3,(H,21,23). The number of rotatable bonds is 9. The molecule has 1 aromatic rings. The van der Waals surface area contributed by atoms with Crippen molar-refractivity contribution in [1.29, 1.82) is 0 Å². The van der Waals surface area contributed by atoms with Gasteiger partial charge >= 0.3 is 0 Å². The number of carbonyl (C=O) groups is 1. The van der Waals surface area contributed by atoms with Crippen LogP contribution in [0, 0.1) is 17.8 Å². The van der Waals surface area contributed by atoms with E-state index in [1.807, 2.05) is 6.92 Å². The second-order valence-electron chi connectivity index (χ2n) is 7.92. The molecule has 2 saturated carbocycles. The Morgan fingerprint density at radius 1 is 1.22 bits per heavy atom. The Kier molecular flexibility index (Phi) is 6.55. The summed E-state index contributed by atoms with van der Waals surface area (Å²) >= 11 is 0. The van der Waals surface area contributed by atoms with Crippen molar-refractivity contribution < 1.29 is 17.9 Å². The molecule has 2 bridgehead atoms. The summed E-state index contributed by atoms with van der Waals surface area (Å²) in [6, 6.07) is 6.29. The highest BCUT2D eigenvalue weighted by Crippen LogP contribution is 2.49. The fourth-order valence-corrected chi connectivity index (χ4v) is 5.92. The molecule has 4 atom stereocenters. The van der Waals surface area contributed by atoms with Crippen molar-refractivity contribution in [2.45, 2.75) is 56.4 Å². The molecule has 0 radical (unpaired) electrons. The monoisotopic (exact) mass is 394 g/mol. The quantitative estimate of drug-likeness (QED) is 0.630. The molecule has 1 aromatic carbocycles. The van der Waals surface area contributed by atoms with Gasteiger partial charge in [0.1, 0.15) is 0 Å². The maximum absolute atomic E-state index is 12.7. The Morgan fingerprint density at radius 2 is 1.96 bits per heavy atom. The molecule has 0 aromatic heterocycles. The van der Waals surface area contributed by atoms with Crippen LogP contribution in [-0.2, 0) is 19.6 Å². The van der Waals surface area contributed by atoms with Crippen molar-refractivity contribution >= 4 is 21.6 Å². The summed E-state index contributed by atoms with van der Waals surface area (Å²) in [7, 11) is -1.96. The van der Waals surface area contributed by atoms with Crippen LogP contribution in [0.5, 0.6) is 0 Å². The molecule has 0 aliphatic heterocycles. The molecular weight excluding hydrogens is 364 g/mol. The van der Waals surface area contributed by atoms with Crippen LogP contribution in [0.15, 0.2) is 29.2 Å². The van der Waals surface area contributed by atoms with E-state index >= 15 is 0 Å². The molecule has 6 nitrogen and oxygen atoms in total. The van der Waals surface area contributed by atoms with E-state index < -0.39 is 10.0 Å². The summed E-state index contributed by atoms with van der Waals surface area (Å²) in [6.07, 6.45) is 5.97. The van der Waals surface area contributed by atoms with E-state index in [1.54, 1.807) is 31.4 Å². The van der Waals surface area contributed by atoms with Crippen LogP contribution < -0.4 is 10.0 Å². The first-order valence-electron chi connectivity index (χ1n) is 9.80. The van der Waals surface area contributed by atoms with Gasteiger partial charge in [0.25, 0.3) is 0 Å². The number of anilines is 1. The van der Waals surface area contributed by atoms with Crippen molar-refractivity contribution in [1.82, 2.24) is 4.72 Å². The van der Waals surface area contributed by atoms with Crippen LogP contribution in [0.2, 0.25) is 0 Å². The van der Waals surface area contributed by atoms with Gasteiger partial charge in [-0.15, -0.1) is 0 Å². The molecule has 1 amide bonds. The highest BCUT2D eigenvalue weighted by atomic mass is 32.2. The fraction of sp³-hybridized carbons (Fsp3) is 0.650. The van der Waals surface area contributed by atoms with Crippen LogP contribution in [-0.4, -0.2) is 34.1 Å². The van der Waals surface area contributed by atoms with Crippen molar-refractivity contribution in [2.24, 2.45) is 17.8 Å². The lowest BCUT2D eigenvalue weighted by atomic mass is 9.84. The second kappa shape index (κ2) is 8.71. The van der Waals surface area contributed by atoms with Gasteiger partial charge in [0.15, 0.2) is 0 Å². The normalized spacial score (nSPS) is 25.5. The minimum atomic E-state index is -3.56. The van der Waals surface area contributed by atoms with Gasteiger partial charge in [0.05, 0.1) is 4.90 Å². The molecule has 3 rings (SSSR count). The van der Waals surface area contributed by atoms with Gasteiger partial charge < -0.3 is 10.1 Å². The SMILES string of the molecule is COCCCC(=O)Nc1ccc(S(=O)(=O)NC(C)C2CC3CCC2C3)cc1. The topological polar surface area (TPSA) is 84.5 Å². The van der Waals surface area contributed by atoms with Crippen LogP contribution in [0.1, 0.15) is 45.4 Å². The van der Waals surface area contributed by atoms with Crippen LogP contribution in [0.25, 0.3) is 0 Å². The number of fused-ring (bicyclic) bond motifs is 2. The van der Waals surface area contributed by atoms with Gasteiger partial charge in [0.2, 0.25) is 15.9 Å². The lowest BCUT2D eigenvalue weighted by molar-refractivity contribution is -0.116. The van der Waals surface area contributed by atoms with Gasteiger partial charge in [-0.05, 0) is 74.6 Å². The molecule has 7 heteroatoms. The number of amides is 1. The van der Waals surface area contributed by atoms with Gasteiger partial charge in [-0.3, -0.25) is 4.79 Å². The smallest absolute Gasteiger partial charge is 0.240 e. The lowest BCUT2D eigenvalue weighted by Gasteiger charge is -2.28. The van der Waals surface area contributed by atoms with E-state index in [1.165, 1.54) is 19.3 Å². The van der Waals surface area contributed by atoms with Crippen molar-refractivity contribution in [3.8, 4) is 0 Å². The average Bonchev–Trinajstić information content (AvgIpc) is 3.25. The van der Waals surface area contributed by atoms with Gasteiger partial charge in [-0.25, -0.2) is 13.1 Å². The van der Waals surface area contributed by atoms with E-state index in [4.69, 9.17) is 4.74 Å². The molecular formula is C20H30N2O4S. The molecule has 150 valence electrons. The van der Waals surface area contributed by atoms with Crippen LogP contribution in [0.3, 0.4) is 0 Å². The van der Waals surface area contributed by atoms with Crippen molar-refractivity contribution in [3.05, 3.63) is 24.3 Å². The maximum atomic E-state index is 12.7.